The molecule has 3 aliphatic heterocycles. The molecule has 1 aromatic heterocycles. The predicted molar refractivity (Wildman–Crippen MR) is 98.1 cm³/mol. The van der Waals surface area contributed by atoms with Gasteiger partial charge in [0.2, 0.25) is 0 Å². The van der Waals surface area contributed by atoms with Gasteiger partial charge in [0.15, 0.2) is 17.2 Å². The third kappa shape index (κ3) is 4.53. The molecular formula is C17H23ClN6O4. The zero-order valence-corrected chi connectivity index (χ0v) is 16.5. The first-order valence-corrected chi connectivity index (χ1v) is 8.75. The summed E-state index contributed by atoms with van der Waals surface area (Å²) < 4.78 is 7.22. The van der Waals surface area contributed by atoms with E-state index in [0.29, 0.717) is 17.7 Å². The molecule has 0 amide bonds. The van der Waals surface area contributed by atoms with E-state index in [4.69, 9.17) is 9.84 Å². The lowest BCUT2D eigenvalue weighted by Crippen LogP contribution is -3.14. The Bertz CT molecular complexity index is 1010. The molecule has 1 saturated heterocycles. The van der Waals surface area contributed by atoms with Crippen molar-refractivity contribution in [3.05, 3.63) is 38.7 Å². The molecule has 0 unspecified atom stereocenters. The zero-order chi connectivity index (χ0) is 19.4. The van der Waals surface area contributed by atoms with Gasteiger partial charge in [0.1, 0.15) is 18.6 Å². The normalized spacial score (nSPS) is 14.4. The molecule has 11 heteroatoms. The van der Waals surface area contributed by atoms with E-state index in [0.717, 1.165) is 45.5 Å². The van der Waals surface area contributed by atoms with Crippen LogP contribution in [0.3, 0.4) is 0 Å². The maximum absolute atomic E-state index is 12.2. The Kier molecular flexibility index (Phi) is 7.58. The summed E-state index contributed by atoms with van der Waals surface area (Å²) in [6.07, 6.45) is 1.75. The molecule has 3 aliphatic rings. The van der Waals surface area contributed by atoms with E-state index >= 15 is 0 Å². The second kappa shape index (κ2) is 9.69. The number of fused-ring (bicyclic) bond motifs is 2. The predicted octanol–water partition coefficient (Wildman–Crippen LogP) is -5.18. The number of hydrogen-bond acceptors (Lipinski definition) is 7. The van der Waals surface area contributed by atoms with Gasteiger partial charge in [-0.2, -0.15) is 4.98 Å². The molecule has 0 bridgehead atoms. The van der Waals surface area contributed by atoms with Crippen molar-refractivity contribution in [3.63, 3.8) is 0 Å². The highest BCUT2D eigenvalue weighted by Crippen LogP contribution is 2.19. The molecular weight excluding hydrogens is 388 g/mol. The molecule has 0 saturated carbocycles. The molecule has 10 nitrogen and oxygen atoms in total. The number of aliphatic hydroxyl groups is 1. The molecule has 28 heavy (non-hydrogen) atoms. The number of nitrogens with one attached hydrogen (secondary N) is 2. The number of pyridine rings is 1. The smallest absolute Gasteiger partial charge is 0.349 e. The van der Waals surface area contributed by atoms with Crippen LogP contribution in [0.1, 0.15) is 5.56 Å². The van der Waals surface area contributed by atoms with Crippen molar-refractivity contribution < 1.29 is 27.2 Å². The number of nitrogens with zero attached hydrogens (tertiary/aromatic N) is 4. The molecule has 0 radical (unpaired) electrons. The molecule has 4 rings (SSSR count). The minimum absolute atomic E-state index is 0. The highest BCUT2D eigenvalue weighted by molar-refractivity contribution is 5.76. The quantitative estimate of drug-likeness (QED) is 0.368. The molecule has 1 aromatic rings. The summed E-state index contributed by atoms with van der Waals surface area (Å²) in [5.74, 6) is 0.283. The number of morpholine rings is 1. The number of quaternary nitrogens is 1. The Hall–Kier alpha value is -2.40. The standard InChI is InChI=1S/C16H18N6O3.CH4O.ClH/c1-10-8-11-13(17-9-10)22(3-2-21-4-6-25-7-5-21)14-12(18-11)15(23)20-16(24)19-14;1-2;/h8-9H,2-7H2,1H3,(H,20,23,24);2H,1H3;1H. The number of rotatable bonds is 3. The molecule has 0 aliphatic carbocycles. The largest absolute Gasteiger partial charge is 1.00 e. The van der Waals surface area contributed by atoms with Crippen LogP contribution < -0.4 is 28.6 Å². The van der Waals surface area contributed by atoms with E-state index < -0.39 is 11.2 Å². The third-order valence-corrected chi connectivity index (χ3v) is 4.47. The number of hydrogen-bond donors (Lipinski definition) is 3. The number of aromatic nitrogens is 5. The van der Waals surface area contributed by atoms with Crippen molar-refractivity contribution in [2.45, 2.75) is 13.5 Å². The number of aliphatic hydroxyl groups excluding tert-OH is 1. The van der Waals surface area contributed by atoms with Crippen LogP contribution in [0.15, 0.2) is 21.9 Å². The maximum atomic E-state index is 12.2. The second-order valence-electron chi connectivity index (χ2n) is 6.27. The lowest BCUT2D eigenvalue weighted by Gasteiger charge is -2.25. The fourth-order valence-electron chi connectivity index (χ4n) is 3.17. The lowest BCUT2D eigenvalue weighted by molar-refractivity contribution is -0.908. The summed E-state index contributed by atoms with van der Waals surface area (Å²) in [7, 11) is 1.00. The fourth-order valence-corrected chi connectivity index (χ4v) is 3.17. The SMILES string of the molecule is CO.Cc1cnc2c(c1)nc1c(=O)[nH]c(=O)nc-1n2CC[NH+]1CCOCC1.[Cl-]. The van der Waals surface area contributed by atoms with E-state index in [9.17, 15) is 9.59 Å². The number of halogens is 1. The summed E-state index contributed by atoms with van der Waals surface area (Å²) in [6, 6.07) is 1.88. The summed E-state index contributed by atoms with van der Waals surface area (Å²) in [6.45, 7) is 6.72. The topological polar surface area (TPSA) is 127 Å². The van der Waals surface area contributed by atoms with Gasteiger partial charge in [-0.15, -0.1) is 0 Å². The van der Waals surface area contributed by atoms with Crippen LogP contribution in [-0.2, 0) is 11.3 Å². The molecule has 3 N–H and O–H groups in total. The van der Waals surface area contributed by atoms with Crippen molar-refractivity contribution in [1.29, 1.82) is 0 Å². The van der Waals surface area contributed by atoms with Crippen molar-refractivity contribution in [2.75, 3.05) is 40.0 Å². The molecule has 0 aromatic carbocycles. The Morgan fingerprint density at radius 1 is 1.25 bits per heavy atom. The number of ether oxygens (including phenoxy) is 1. The number of H-pyrrole nitrogens is 1. The average Bonchev–Trinajstić information content (AvgIpc) is 2.68. The van der Waals surface area contributed by atoms with Crippen molar-refractivity contribution >= 4 is 11.2 Å². The Morgan fingerprint density at radius 2 is 1.96 bits per heavy atom. The Morgan fingerprint density at radius 3 is 2.68 bits per heavy atom. The summed E-state index contributed by atoms with van der Waals surface area (Å²) in [5, 5.41) is 7.00. The van der Waals surface area contributed by atoms with Gasteiger partial charge in [-0.3, -0.25) is 9.78 Å². The Balaban J connectivity index is 0.000000906. The first-order chi connectivity index (χ1) is 13.1. The monoisotopic (exact) mass is 410 g/mol. The third-order valence-electron chi connectivity index (χ3n) is 4.47. The average molecular weight is 411 g/mol. The molecule has 1 fully saturated rings. The van der Waals surface area contributed by atoms with Crippen molar-refractivity contribution in [2.24, 2.45) is 0 Å². The maximum Gasteiger partial charge on any atom is 0.349 e. The highest BCUT2D eigenvalue weighted by Gasteiger charge is 2.21. The van der Waals surface area contributed by atoms with E-state index in [-0.39, 0.29) is 23.9 Å². The van der Waals surface area contributed by atoms with Gasteiger partial charge < -0.3 is 31.7 Å². The Labute approximate surface area is 167 Å². The van der Waals surface area contributed by atoms with E-state index in [1.807, 2.05) is 17.6 Å². The lowest BCUT2D eigenvalue weighted by atomic mass is 10.2. The van der Waals surface area contributed by atoms with Crippen LogP contribution >= 0.6 is 0 Å². The van der Waals surface area contributed by atoms with Gasteiger partial charge in [-0.25, -0.2) is 14.8 Å². The van der Waals surface area contributed by atoms with Gasteiger partial charge in [0.25, 0.3) is 5.56 Å². The van der Waals surface area contributed by atoms with E-state index in [2.05, 4.69) is 19.9 Å². The second-order valence-corrected chi connectivity index (χ2v) is 6.27. The van der Waals surface area contributed by atoms with Crippen LogP contribution in [0.2, 0.25) is 0 Å². The van der Waals surface area contributed by atoms with E-state index in [1.54, 1.807) is 6.20 Å². The van der Waals surface area contributed by atoms with Gasteiger partial charge in [-0.1, -0.05) is 0 Å². The minimum Gasteiger partial charge on any atom is -1.00 e. The van der Waals surface area contributed by atoms with Crippen LogP contribution in [0.4, 0.5) is 0 Å². The first kappa shape index (κ1) is 21.9. The van der Waals surface area contributed by atoms with Gasteiger partial charge in [-0.05, 0) is 18.6 Å². The molecule has 4 heterocycles. The fraction of sp³-hybridized carbons (Fsp3) is 0.471. The summed E-state index contributed by atoms with van der Waals surface area (Å²) in [4.78, 5) is 40.3. The summed E-state index contributed by atoms with van der Waals surface area (Å²) in [5.41, 5.74) is 1.17. The molecule has 0 atom stereocenters. The summed E-state index contributed by atoms with van der Waals surface area (Å²) >= 11 is 0. The van der Waals surface area contributed by atoms with Gasteiger partial charge >= 0.3 is 5.69 Å². The molecule has 152 valence electrons. The number of aromatic amines is 1. The molecule has 0 spiro atoms. The van der Waals surface area contributed by atoms with Crippen LogP contribution in [0, 0.1) is 6.92 Å². The van der Waals surface area contributed by atoms with Crippen LogP contribution in [0.5, 0.6) is 0 Å². The zero-order valence-electron chi connectivity index (χ0n) is 15.7. The van der Waals surface area contributed by atoms with Crippen molar-refractivity contribution in [3.8, 4) is 11.5 Å². The van der Waals surface area contributed by atoms with Crippen LogP contribution in [-0.4, -0.2) is 69.6 Å². The minimum atomic E-state index is -0.668. The first-order valence-electron chi connectivity index (χ1n) is 8.75. The van der Waals surface area contributed by atoms with Crippen molar-refractivity contribution in [1.82, 2.24) is 24.5 Å². The van der Waals surface area contributed by atoms with E-state index in [1.165, 1.54) is 4.90 Å². The van der Waals surface area contributed by atoms with Crippen LogP contribution in [0.25, 0.3) is 22.7 Å². The highest BCUT2D eigenvalue weighted by atomic mass is 35.5. The van der Waals surface area contributed by atoms with Gasteiger partial charge in [0.05, 0.1) is 26.3 Å². The number of aryl methyl sites for hydroxylation is 1. The van der Waals surface area contributed by atoms with Gasteiger partial charge in [0, 0.05) is 13.3 Å².